The Morgan fingerprint density at radius 2 is 0.935 bits per heavy atom. The molecule has 5 heterocycles. The highest BCUT2D eigenvalue weighted by Gasteiger charge is 2.55. The molecule has 5 rings (SSSR count). The maximum atomic E-state index is 13.3. The number of thiophene rings is 2. The molecule has 6 nitrogen and oxygen atoms in total. The maximum absolute atomic E-state index is 13.3. The van der Waals surface area contributed by atoms with E-state index in [-0.39, 0.29) is 0 Å². The van der Waals surface area contributed by atoms with Crippen molar-refractivity contribution in [1.82, 2.24) is 0 Å². The number of rotatable bonds is 2. The first-order valence-electron chi connectivity index (χ1n) is 10.3. The lowest BCUT2D eigenvalue weighted by Gasteiger charge is -2.32. The van der Waals surface area contributed by atoms with Crippen molar-refractivity contribution in [2.45, 2.75) is 87.6 Å². The number of sulfone groups is 1. The standard InChI is InChI=1S/C20H26B2O6S3/c1-17(2)18(3,4)26-21(25-17)13-9-11-15(29-13)16-12(31(11,23)24)10-14(30-16)22-27-19(5,6)20(7,8)28-22/h9-10H,1-8H3. The van der Waals surface area contributed by atoms with Crippen LogP contribution < -0.4 is 9.55 Å². The van der Waals surface area contributed by atoms with Gasteiger partial charge in [-0.1, -0.05) is 0 Å². The van der Waals surface area contributed by atoms with Crippen LogP contribution in [0.4, 0.5) is 0 Å². The van der Waals surface area contributed by atoms with Gasteiger partial charge in [-0.2, -0.15) is 0 Å². The maximum Gasteiger partial charge on any atom is 0.505 e. The highest BCUT2D eigenvalue weighted by atomic mass is 32.2. The summed E-state index contributed by atoms with van der Waals surface area (Å²) in [5.74, 6) is 0. The molecule has 31 heavy (non-hydrogen) atoms. The average Bonchev–Trinajstić information content (AvgIpc) is 3.33. The molecule has 2 aromatic rings. The van der Waals surface area contributed by atoms with Crippen LogP contribution in [0.1, 0.15) is 55.4 Å². The second-order valence-corrected chi connectivity index (χ2v) is 14.4. The topological polar surface area (TPSA) is 71.1 Å². The Morgan fingerprint density at radius 1 is 0.645 bits per heavy atom. The molecule has 2 aromatic heterocycles. The van der Waals surface area contributed by atoms with Crippen LogP contribution in [-0.2, 0) is 28.5 Å². The predicted molar refractivity (Wildman–Crippen MR) is 125 cm³/mol. The SMILES string of the molecule is CC1(C)OB(c2cc3c(s2)-c2sc(B4OC(C)(C)C(C)(C)O4)cc2S3(=O)=O)OC1(C)C. The van der Waals surface area contributed by atoms with Gasteiger partial charge < -0.3 is 18.6 Å². The highest BCUT2D eigenvalue weighted by Crippen LogP contribution is 2.49. The van der Waals surface area contributed by atoms with Crippen LogP contribution in [0, 0.1) is 0 Å². The Kier molecular flexibility index (Phi) is 4.46. The van der Waals surface area contributed by atoms with E-state index in [0.717, 1.165) is 19.3 Å². The molecule has 2 saturated heterocycles. The van der Waals surface area contributed by atoms with Gasteiger partial charge in [0.25, 0.3) is 0 Å². The van der Waals surface area contributed by atoms with Crippen molar-refractivity contribution < 1.29 is 27.0 Å². The van der Waals surface area contributed by atoms with Crippen LogP contribution in [0.5, 0.6) is 0 Å². The fourth-order valence-corrected chi connectivity index (χ4v) is 8.63. The van der Waals surface area contributed by atoms with Crippen LogP contribution in [0.15, 0.2) is 21.9 Å². The summed E-state index contributed by atoms with van der Waals surface area (Å²) in [4.78, 5) is 2.16. The predicted octanol–water partition coefficient (Wildman–Crippen LogP) is 3.22. The molecule has 166 valence electrons. The summed E-state index contributed by atoms with van der Waals surface area (Å²) < 4.78 is 52.6. The first-order chi connectivity index (χ1) is 14.1. The monoisotopic (exact) mass is 480 g/mol. The first-order valence-corrected chi connectivity index (χ1v) is 13.4. The quantitative estimate of drug-likeness (QED) is 0.525. The molecule has 2 fully saturated rings. The Morgan fingerprint density at radius 3 is 1.23 bits per heavy atom. The molecule has 0 aromatic carbocycles. The number of hydrogen-bond acceptors (Lipinski definition) is 8. The molecule has 0 spiro atoms. The lowest BCUT2D eigenvalue weighted by molar-refractivity contribution is 0.00578. The van der Waals surface area contributed by atoms with Gasteiger partial charge in [0.2, 0.25) is 9.84 Å². The van der Waals surface area contributed by atoms with E-state index in [1.807, 2.05) is 55.4 Å². The largest absolute Gasteiger partial charge is 0.505 e. The molecule has 3 aliphatic rings. The van der Waals surface area contributed by atoms with Crippen molar-refractivity contribution in [2.75, 3.05) is 0 Å². The lowest BCUT2D eigenvalue weighted by atomic mass is 9.88. The fraction of sp³-hybridized carbons (Fsp3) is 0.600. The van der Waals surface area contributed by atoms with E-state index in [9.17, 15) is 8.42 Å². The van der Waals surface area contributed by atoms with Crippen LogP contribution in [0.3, 0.4) is 0 Å². The molecule has 0 N–H and O–H groups in total. The summed E-state index contributed by atoms with van der Waals surface area (Å²) in [7, 11) is -4.76. The minimum atomic E-state index is -3.60. The van der Waals surface area contributed by atoms with Crippen molar-refractivity contribution in [1.29, 1.82) is 0 Å². The summed E-state index contributed by atoms with van der Waals surface area (Å²) in [6, 6.07) is 3.41. The summed E-state index contributed by atoms with van der Waals surface area (Å²) in [5, 5.41) is 0. The average molecular weight is 480 g/mol. The molecular weight excluding hydrogens is 454 g/mol. The second-order valence-electron chi connectivity index (χ2n) is 10.4. The normalized spacial score (nSPS) is 26.3. The van der Waals surface area contributed by atoms with E-state index in [1.165, 1.54) is 22.7 Å². The molecule has 11 heteroatoms. The summed E-state index contributed by atoms with van der Waals surface area (Å²) in [6.45, 7) is 15.9. The van der Waals surface area contributed by atoms with Crippen LogP contribution in [-0.4, -0.2) is 45.1 Å². The second kappa shape index (κ2) is 6.25. The van der Waals surface area contributed by atoms with Gasteiger partial charge in [0.15, 0.2) is 0 Å². The van der Waals surface area contributed by atoms with Crippen molar-refractivity contribution >= 4 is 56.3 Å². The minimum Gasteiger partial charge on any atom is -0.399 e. The Labute approximate surface area is 192 Å². The van der Waals surface area contributed by atoms with Gasteiger partial charge >= 0.3 is 14.2 Å². The van der Waals surface area contributed by atoms with E-state index >= 15 is 0 Å². The van der Waals surface area contributed by atoms with E-state index in [1.54, 1.807) is 12.1 Å². The number of fused-ring (bicyclic) bond motifs is 3. The Balaban J connectivity index is 1.52. The third-order valence-electron chi connectivity index (χ3n) is 7.19. The van der Waals surface area contributed by atoms with Gasteiger partial charge in [0.1, 0.15) is 0 Å². The van der Waals surface area contributed by atoms with Gasteiger partial charge in [-0.15, -0.1) is 22.7 Å². The zero-order chi connectivity index (χ0) is 22.8. The van der Waals surface area contributed by atoms with Gasteiger partial charge in [-0.05, 0) is 67.5 Å². The molecule has 0 unspecified atom stereocenters. The fourth-order valence-electron chi connectivity index (χ4n) is 3.77. The Hall–Kier alpha value is -0.680. The van der Waals surface area contributed by atoms with E-state index in [0.29, 0.717) is 9.79 Å². The van der Waals surface area contributed by atoms with E-state index < -0.39 is 46.5 Å². The Bertz CT molecular complexity index is 1070. The molecular formula is C20H26B2O6S3. The van der Waals surface area contributed by atoms with Gasteiger partial charge in [-0.3, -0.25) is 0 Å². The summed E-state index contributed by atoms with van der Waals surface area (Å²) in [5.41, 5.74) is -1.93. The van der Waals surface area contributed by atoms with Gasteiger partial charge in [0, 0.05) is 9.55 Å². The molecule has 0 radical (unpaired) electrons. The highest BCUT2D eigenvalue weighted by molar-refractivity contribution is 7.92. The number of hydrogen-bond donors (Lipinski definition) is 0. The van der Waals surface area contributed by atoms with Crippen molar-refractivity contribution in [3.05, 3.63) is 12.1 Å². The van der Waals surface area contributed by atoms with Crippen LogP contribution >= 0.6 is 22.7 Å². The molecule has 0 atom stereocenters. The zero-order valence-electron chi connectivity index (χ0n) is 19.0. The first kappa shape index (κ1) is 22.1. The van der Waals surface area contributed by atoms with E-state index in [4.69, 9.17) is 18.6 Å². The zero-order valence-corrected chi connectivity index (χ0v) is 21.4. The molecule has 0 aliphatic carbocycles. The van der Waals surface area contributed by atoms with Crippen LogP contribution in [0.2, 0.25) is 0 Å². The van der Waals surface area contributed by atoms with Crippen LogP contribution in [0.25, 0.3) is 9.75 Å². The third-order valence-corrected chi connectivity index (χ3v) is 11.7. The van der Waals surface area contributed by atoms with Crippen molar-refractivity contribution in [2.24, 2.45) is 0 Å². The molecule has 3 aliphatic heterocycles. The van der Waals surface area contributed by atoms with Gasteiger partial charge in [0.05, 0.1) is 41.9 Å². The minimum absolute atomic E-state index is 0.337. The molecule has 0 saturated carbocycles. The molecule has 0 amide bonds. The van der Waals surface area contributed by atoms with Crippen molar-refractivity contribution in [3.8, 4) is 9.75 Å². The van der Waals surface area contributed by atoms with Gasteiger partial charge in [-0.25, -0.2) is 8.42 Å². The third kappa shape index (κ3) is 3.01. The summed E-state index contributed by atoms with van der Waals surface area (Å²) in [6.07, 6.45) is 0. The molecule has 0 bridgehead atoms. The summed E-state index contributed by atoms with van der Waals surface area (Å²) >= 11 is 2.84. The lowest BCUT2D eigenvalue weighted by Crippen LogP contribution is -2.41. The van der Waals surface area contributed by atoms with Crippen molar-refractivity contribution in [3.63, 3.8) is 0 Å². The smallest absolute Gasteiger partial charge is 0.399 e. The van der Waals surface area contributed by atoms with E-state index in [2.05, 4.69) is 0 Å².